The number of hydrogen-bond donors (Lipinski definition) is 0. The van der Waals surface area contributed by atoms with Crippen LogP contribution in [0.5, 0.6) is 0 Å². The van der Waals surface area contributed by atoms with Crippen LogP contribution in [-0.2, 0) is 16.2 Å². The van der Waals surface area contributed by atoms with Gasteiger partial charge in [-0.3, -0.25) is 0 Å². The van der Waals surface area contributed by atoms with E-state index in [1.807, 2.05) is 0 Å². The summed E-state index contributed by atoms with van der Waals surface area (Å²) < 4.78 is 0. The monoisotopic (exact) mass is 843 g/mol. The van der Waals surface area contributed by atoms with Crippen molar-refractivity contribution in [2.45, 2.75) is 78.6 Å². The van der Waals surface area contributed by atoms with Gasteiger partial charge in [0.1, 0.15) is 0 Å². The third kappa shape index (κ3) is 8.81. The highest BCUT2D eigenvalue weighted by Crippen LogP contribution is 2.50. The second kappa shape index (κ2) is 17.2. The van der Waals surface area contributed by atoms with Crippen LogP contribution in [0.4, 0.5) is 17.1 Å². The molecular weight excluding hydrogens is 783 g/mol. The summed E-state index contributed by atoms with van der Waals surface area (Å²) in [5, 5.41) is 2.47. The van der Waals surface area contributed by atoms with Gasteiger partial charge in [0.05, 0.1) is 17.1 Å². The zero-order valence-corrected chi connectivity index (χ0v) is 39.6. The van der Waals surface area contributed by atoms with Gasteiger partial charge in [-0.1, -0.05) is 244 Å². The molecule has 0 N–H and O–H groups in total. The molecule has 9 aromatic carbocycles. The maximum absolute atomic E-state index is 2.53. The average molecular weight is 844 g/mol. The Kier molecular flexibility index (Phi) is 11.5. The third-order valence-corrected chi connectivity index (χ3v) is 13.0. The van der Waals surface area contributed by atoms with E-state index >= 15 is 0 Å². The minimum Gasteiger partial charge on any atom is -0.309 e. The summed E-state index contributed by atoms with van der Waals surface area (Å²) in [5.74, 6) is 0. The van der Waals surface area contributed by atoms with Gasteiger partial charge in [0, 0.05) is 16.7 Å². The Hall–Kier alpha value is -6.96. The van der Waals surface area contributed by atoms with Gasteiger partial charge in [-0.15, -0.1) is 0 Å². The molecule has 0 aliphatic rings. The third-order valence-electron chi connectivity index (χ3n) is 13.0. The van der Waals surface area contributed by atoms with Gasteiger partial charge in [-0.25, -0.2) is 0 Å². The molecule has 0 aliphatic heterocycles. The van der Waals surface area contributed by atoms with E-state index in [1.54, 1.807) is 0 Å². The fraction of sp³-hybridized carbons (Fsp3) is 0.188. The van der Waals surface area contributed by atoms with Gasteiger partial charge in [0.25, 0.3) is 0 Å². The van der Waals surface area contributed by atoms with E-state index in [9.17, 15) is 0 Å². The minimum atomic E-state index is -0.0420. The maximum atomic E-state index is 2.53. The van der Waals surface area contributed by atoms with Crippen LogP contribution in [0.2, 0.25) is 0 Å². The lowest BCUT2D eigenvalue weighted by molar-refractivity contribution is 0.569. The quantitative estimate of drug-likeness (QED) is 0.147. The number of anilines is 3. The molecule has 0 spiro atoms. The molecular formula is C64H61N. The number of benzene rings is 9. The second-order valence-electron chi connectivity index (χ2n) is 20.7. The van der Waals surface area contributed by atoms with Gasteiger partial charge >= 0.3 is 0 Å². The molecule has 0 fully saturated rings. The first kappa shape index (κ1) is 43.3. The highest BCUT2D eigenvalue weighted by Gasteiger charge is 2.27. The lowest BCUT2D eigenvalue weighted by Crippen LogP contribution is -2.16. The van der Waals surface area contributed by atoms with E-state index in [-0.39, 0.29) is 16.2 Å². The second-order valence-corrected chi connectivity index (χ2v) is 20.7. The molecule has 0 unspecified atom stereocenters. The Balaban J connectivity index is 1.33. The van der Waals surface area contributed by atoms with Gasteiger partial charge < -0.3 is 4.90 Å². The van der Waals surface area contributed by atoms with Crippen LogP contribution >= 0.6 is 0 Å². The molecule has 65 heavy (non-hydrogen) atoms. The summed E-state index contributed by atoms with van der Waals surface area (Å²) in [7, 11) is 0. The fourth-order valence-corrected chi connectivity index (χ4v) is 9.17. The molecule has 0 aliphatic carbocycles. The van der Waals surface area contributed by atoms with Crippen LogP contribution in [0.1, 0.15) is 79.0 Å². The molecule has 9 aromatic rings. The number of para-hydroxylation sites is 2. The Morgan fingerprint density at radius 1 is 0.262 bits per heavy atom. The number of hydrogen-bond acceptors (Lipinski definition) is 1. The molecule has 0 bridgehead atoms. The van der Waals surface area contributed by atoms with Crippen LogP contribution in [0, 0.1) is 0 Å². The zero-order chi connectivity index (χ0) is 45.5. The van der Waals surface area contributed by atoms with Crippen LogP contribution in [0.15, 0.2) is 206 Å². The molecule has 0 saturated heterocycles. The summed E-state index contributed by atoms with van der Waals surface area (Å²) in [6.07, 6.45) is 0. The van der Waals surface area contributed by atoms with Crippen molar-refractivity contribution in [3.8, 4) is 55.6 Å². The van der Waals surface area contributed by atoms with Gasteiger partial charge in [0.15, 0.2) is 0 Å². The predicted octanol–water partition coefficient (Wildman–Crippen LogP) is 18.5. The fourth-order valence-electron chi connectivity index (χ4n) is 9.17. The molecule has 0 radical (unpaired) electrons. The molecule has 0 amide bonds. The van der Waals surface area contributed by atoms with E-state index in [1.165, 1.54) is 72.0 Å². The average Bonchev–Trinajstić information content (AvgIpc) is 3.31. The van der Waals surface area contributed by atoms with Crippen molar-refractivity contribution in [1.29, 1.82) is 0 Å². The maximum Gasteiger partial charge on any atom is 0.0540 e. The summed E-state index contributed by atoms with van der Waals surface area (Å²) in [4.78, 5) is 2.53. The van der Waals surface area contributed by atoms with E-state index in [0.717, 1.165) is 28.2 Å². The number of fused-ring (bicyclic) bond motifs is 1. The van der Waals surface area contributed by atoms with Crippen LogP contribution in [0.3, 0.4) is 0 Å². The van der Waals surface area contributed by atoms with Crippen LogP contribution in [0.25, 0.3) is 66.4 Å². The van der Waals surface area contributed by atoms with Crippen molar-refractivity contribution < 1.29 is 0 Å². The predicted molar refractivity (Wildman–Crippen MR) is 282 cm³/mol. The summed E-state index contributed by atoms with van der Waals surface area (Å²) in [6, 6.07) is 76.6. The Bertz CT molecular complexity index is 3080. The molecule has 0 heterocycles. The number of rotatable bonds is 8. The lowest BCUT2D eigenvalue weighted by atomic mass is 9.78. The largest absolute Gasteiger partial charge is 0.309 e. The van der Waals surface area contributed by atoms with E-state index in [4.69, 9.17) is 0 Å². The van der Waals surface area contributed by atoms with Gasteiger partial charge in [-0.05, 0) is 107 Å². The highest BCUT2D eigenvalue weighted by atomic mass is 15.1. The Morgan fingerprint density at radius 2 is 0.692 bits per heavy atom. The topological polar surface area (TPSA) is 3.24 Å². The molecule has 1 heteroatoms. The van der Waals surface area contributed by atoms with Crippen molar-refractivity contribution >= 4 is 27.8 Å². The van der Waals surface area contributed by atoms with E-state index in [0.29, 0.717) is 0 Å². The first-order valence-electron chi connectivity index (χ1n) is 23.2. The molecule has 322 valence electrons. The SMILES string of the molecule is CC(C)(C)c1cc(-c2cccc3cccc(-c4ccccc4N(c4ccccc4-c4ccc(-c5ccccc5)cc4)c4ccc(C(C)(C)C)cc4-c4ccccc4)c23)cc(C(C)(C)C)c1. The van der Waals surface area contributed by atoms with Crippen molar-refractivity contribution in [3.05, 3.63) is 223 Å². The minimum absolute atomic E-state index is 0.00914. The summed E-state index contributed by atoms with van der Waals surface area (Å²) in [6.45, 7) is 20.9. The van der Waals surface area contributed by atoms with Crippen LogP contribution in [-0.4, -0.2) is 0 Å². The molecule has 0 saturated carbocycles. The highest BCUT2D eigenvalue weighted by molar-refractivity contribution is 6.09. The van der Waals surface area contributed by atoms with Crippen molar-refractivity contribution in [2.75, 3.05) is 4.90 Å². The summed E-state index contributed by atoms with van der Waals surface area (Å²) >= 11 is 0. The Labute approximate surface area is 388 Å². The first-order valence-corrected chi connectivity index (χ1v) is 23.2. The van der Waals surface area contributed by atoms with E-state index < -0.39 is 0 Å². The van der Waals surface area contributed by atoms with Gasteiger partial charge in [0.2, 0.25) is 0 Å². The standard InChI is InChI=1S/C64H61N/c1-62(2,3)50-38-39-60(57(43-50)46-24-14-11-15-25-46)65(58-32-18-16-28-53(58)47-36-34-45(35-37-47)44-22-12-10-13-23-44)59-33-19-17-29-55(59)56-31-21-27-48-26-20-30-54(61(48)56)49-40-51(63(4,5)6)42-52(41-49)64(7,8)9/h10-43H,1-9H3. The number of nitrogens with zero attached hydrogens (tertiary/aromatic N) is 1. The van der Waals surface area contributed by atoms with Gasteiger partial charge in [-0.2, -0.15) is 0 Å². The van der Waals surface area contributed by atoms with Crippen molar-refractivity contribution in [1.82, 2.24) is 0 Å². The lowest BCUT2D eigenvalue weighted by Gasteiger charge is -2.33. The Morgan fingerprint density at radius 3 is 1.28 bits per heavy atom. The molecule has 1 nitrogen and oxygen atoms in total. The van der Waals surface area contributed by atoms with Crippen LogP contribution < -0.4 is 4.90 Å². The van der Waals surface area contributed by atoms with Crippen molar-refractivity contribution in [3.63, 3.8) is 0 Å². The molecule has 0 atom stereocenters. The zero-order valence-electron chi connectivity index (χ0n) is 39.6. The smallest absolute Gasteiger partial charge is 0.0540 e. The molecule has 9 rings (SSSR count). The van der Waals surface area contributed by atoms with E-state index in [2.05, 4.69) is 273 Å². The first-order chi connectivity index (χ1) is 31.1. The molecule has 0 aromatic heterocycles. The summed E-state index contributed by atoms with van der Waals surface area (Å²) in [5.41, 5.74) is 19.3. The van der Waals surface area contributed by atoms with Crippen molar-refractivity contribution in [2.24, 2.45) is 0 Å². The normalized spacial score (nSPS) is 12.1.